The number of halogens is 2. The summed E-state index contributed by atoms with van der Waals surface area (Å²) in [7, 11) is 1.87. The highest BCUT2D eigenvalue weighted by molar-refractivity contribution is 9.10. The van der Waals surface area contributed by atoms with E-state index < -0.39 is 5.82 Å². The van der Waals surface area contributed by atoms with Crippen molar-refractivity contribution in [1.82, 2.24) is 10.2 Å². The van der Waals surface area contributed by atoms with Gasteiger partial charge in [-0.1, -0.05) is 15.9 Å². The number of carbonyl (C=O) groups excluding carboxylic acids is 1. The zero-order valence-corrected chi connectivity index (χ0v) is 14.8. The molecule has 2 atom stereocenters. The Balaban J connectivity index is 1.47. The predicted molar refractivity (Wildman–Crippen MR) is 89.9 cm³/mol. The molecule has 23 heavy (non-hydrogen) atoms. The van der Waals surface area contributed by atoms with Gasteiger partial charge in [-0.3, -0.25) is 4.79 Å². The number of piperidine rings is 1. The van der Waals surface area contributed by atoms with Crippen LogP contribution in [0.5, 0.6) is 5.75 Å². The molecule has 0 saturated carbocycles. The molecule has 0 aliphatic carbocycles. The van der Waals surface area contributed by atoms with Gasteiger partial charge in [-0.05, 0) is 43.9 Å². The molecule has 1 aromatic rings. The monoisotopic (exact) mass is 384 g/mol. The fraction of sp³-hybridized carbons (Fsp3) is 0.588. The molecule has 2 aliphatic heterocycles. The molecule has 3 rings (SSSR count). The number of amides is 1. The van der Waals surface area contributed by atoms with Crippen molar-refractivity contribution >= 4 is 21.8 Å². The third-order valence-electron chi connectivity index (χ3n) is 4.86. The van der Waals surface area contributed by atoms with E-state index in [2.05, 4.69) is 21.2 Å². The fourth-order valence-electron chi connectivity index (χ4n) is 3.56. The number of ether oxygens (including phenoxy) is 1. The van der Waals surface area contributed by atoms with Crippen LogP contribution in [0.1, 0.15) is 32.1 Å². The Kier molecular flexibility index (Phi) is 5.21. The van der Waals surface area contributed by atoms with Crippen molar-refractivity contribution in [2.75, 3.05) is 13.7 Å². The molecule has 1 aromatic carbocycles. The van der Waals surface area contributed by atoms with E-state index in [-0.39, 0.29) is 24.7 Å². The van der Waals surface area contributed by atoms with Crippen molar-refractivity contribution in [3.8, 4) is 5.75 Å². The Labute approximate surface area is 144 Å². The maximum atomic E-state index is 13.7. The molecular formula is C17H22BrFN2O2. The first kappa shape index (κ1) is 16.7. The maximum Gasteiger partial charge on any atom is 0.225 e. The first-order valence-electron chi connectivity index (χ1n) is 8.12. The topological polar surface area (TPSA) is 41.6 Å². The summed E-state index contributed by atoms with van der Waals surface area (Å²) in [6.45, 7) is 0.194. The summed E-state index contributed by atoms with van der Waals surface area (Å²) in [5.74, 6) is -0.174. The van der Waals surface area contributed by atoms with Crippen molar-refractivity contribution in [2.24, 2.45) is 0 Å². The molecular weight excluding hydrogens is 363 g/mol. The van der Waals surface area contributed by atoms with Crippen molar-refractivity contribution in [1.29, 1.82) is 0 Å². The molecule has 2 fully saturated rings. The Morgan fingerprint density at radius 2 is 2.09 bits per heavy atom. The number of nitrogens with one attached hydrogen (secondary N) is 1. The van der Waals surface area contributed by atoms with Crippen LogP contribution in [-0.2, 0) is 4.79 Å². The van der Waals surface area contributed by atoms with Crippen molar-refractivity contribution in [2.45, 2.75) is 50.2 Å². The van der Waals surface area contributed by atoms with Gasteiger partial charge in [0.2, 0.25) is 5.91 Å². The summed E-state index contributed by atoms with van der Waals surface area (Å²) in [4.78, 5) is 14.2. The molecule has 2 aliphatic rings. The average Bonchev–Trinajstić information content (AvgIpc) is 2.86. The Morgan fingerprint density at radius 1 is 1.39 bits per heavy atom. The molecule has 4 nitrogen and oxygen atoms in total. The van der Waals surface area contributed by atoms with Crippen LogP contribution in [0.4, 0.5) is 4.39 Å². The van der Waals surface area contributed by atoms with Gasteiger partial charge in [0.05, 0.1) is 13.0 Å². The maximum absolute atomic E-state index is 13.7. The summed E-state index contributed by atoms with van der Waals surface area (Å²) in [5.41, 5.74) is 0. The summed E-state index contributed by atoms with van der Waals surface area (Å²) in [5, 5.41) is 3.58. The Hall–Kier alpha value is -1.14. The van der Waals surface area contributed by atoms with Gasteiger partial charge in [0.25, 0.3) is 0 Å². The Morgan fingerprint density at radius 3 is 2.74 bits per heavy atom. The third kappa shape index (κ3) is 4.04. The van der Waals surface area contributed by atoms with Crippen LogP contribution < -0.4 is 10.1 Å². The lowest BCUT2D eigenvalue weighted by atomic mass is 9.98. The predicted octanol–water partition coefficient (Wildman–Crippen LogP) is 3.10. The van der Waals surface area contributed by atoms with E-state index in [1.54, 1.807) is 12.1 Å². The highest BCUT2D eigenvalue weighted by Gasteiger charge is 2.36. The lowest BCUT2D eigenvalue weighted by Crippen LogP contribution is -2.48. The van der Waals surface area contributed by atoms with Gasteiger partial charge in [0, 0.05) is 29.6 Å². The standard InChI is InChI=1S/C17H22BrFN2O2/c1-21(14-9-12-3-4-13(10-14)20-12)17(22)6-7-23-16-5-2-11(18)8-15(16)19/h2,5,8,12-14,20H,3-4,6-7,9-10H2,1H3. The van der Waals surface area contributed by atoms with Crippen LogP contribution in [0, 0.1) is 5.82 Å². The highest BCUT2D eigenvalue weighted by atomic mass is 79.9. The van der Waals surface area contributed by atoms with Gasteiger partial charge in [0.15, 0.2) is 11.6 Å². The minimum atomic E-state index is -0.421. The molecule has 6 heteroatoms. The van der Waals surface area contributed by atoms with E-state index in [0.29, 0.717) is 22.6 Å². The highest BCUT2D eigenvalue weighted by Crippen LogP contribution is 2.29. The summed E-state index contributed by atoms with van der Waals surface area (Å²) >= 11 is 3.20. The van der Waals surface area contributed by atoms with Crippen LogP contribution in [0.3, 0.4) is 0 Å². The second-order valence-electron chi connectivity index (χ2n) is 6.44. The zero-order chi connectivity index (χ0) is 16.4. The largest absolute Gasteiger partial charge is 0.490 e. The van der Waals surface area contributed by atoms with Gasteiger partial charge in [-0.2, -0.15) is 0 Å². The van der Waals surface area contributed by atoms with Gasteiger partial charge < -0.3 is 15.0 Å². The first-order chi connectivity index (χ1) is 11.0. The SMILES string of the molecule is CN(C(=O)CCOc1ccc(Br)cc1F)C1CC2CCC(C1)N2. The number of carbonyl (C=O) groups is 1. The van der Waals surface area contributed by atoms with Crippen LogP contribution in [0.25, 0.3) is 0 Å². The number of fused-ring (bicyclic) bond motifs is 2. The van der Waals surface area contributed by atoms with Crippen LogP contribution in [0.2, 0.25) is 0 Å². The number of benzene rings is 1. The van der Waals surface area contributed by atoms with E-state index >= 15 is 0 Å². The molecule has 2 heterocycles. The molecule has 1 N–H and O–H groups in total. The first-order valence-corrected chi connectivity index (χ1v) is 8.92. The quantitative estimate of drug-likeness (QED) is 0.847. The van der Waals surface area contributed by atoms with Gasteiger partial charge in [-0.15, -0.1) is 0 Å². The minimum absolute atomic E-state index is 0.0637. The number of rotatable bonds is 5. The van der Waals surface area contributed by atoms with E-state index in [1.165, 1.54) is 18.9 Å². The van der Waals surface area contributed by atoms with Crippen molar-refractivity contribution < 1.29 is 13.9 Å². The molecule has 0 spiro atoms. The van der Waals surface area contributed by atoms with E-state index in [1.807, 2.05) is 11.9 Å². The number of nitrogens with zero attached hydrogens (tertiary/aromatic N) is 1. The van der Waals surface area contributed by atoms with Gasteiger partial charge in [0.1, 0.15) is 0 Å². The average molecular weight is 385 g/mol. The Bertz CT molecular complexity index is 572. The number of hydrogen-bond acceptors (Lipinski definition) is 3. The molecule has 1 amide bonds. The van der Waals surface area contributed by atoms with Crippen molar-refractivity contribution in [3.05, 3.63) is 28.5 Å². The lowest BCUT2D eigenvalue weighted by molar-refractivity contribution is -0.133. The molecule has 0 radical (unpaired) electrons. The third-order valence-corrected chi connectivity index (χ3v) is 5.35. The van der Waals surface area contributed by atoms with E-state index in [0.717, 1.165) is 12.8 Å². The molecule has 126 valence electrons. The van der Waals surface area contributed by atoms with Crippen molar-refractivity contribution in [3.63, 3.8) is 0 Å². The second kappa shape index (κ2) is 7.18. The van der Waals surface area contributed by atoms with E-state index in [9.17, 15) is 9.18 Å². The molecule has 0 aromatic heterocycles. The molecule has 2 unspecified atom stereocenters. The number of hydrogen-bond donors (Lipinski definition) is 1. The van der Waals surface area contributed by atoms with E-state index in [4.69, 9.17) is 4.74 Å². The summed E-state index contributed by atoms with van der Waals surface area (Å²) in [6.07, 6.45) is 4.76. The van der Waals surface area contributed by atoms with Gasteiger partial charge >= 0.3 is 0 Å². The summed E-state index contributed by atoms with van der Waals surface area (Å²) in [6, 6.07) is 6.07. The fourth-order valence-corrected chi connectivity index (χ4v) is 3.90. The van der Waals surface area contributed by atoms with Crippen LogP contribution in [0.15, 0.2) is 22.7 Å². The zero-order valence-electron chi connectivity index (χ0n) is 13.2. The van der Waals surface area contributed by atoms with Gasteiger partial charge in [-0.25, -0.2) is 4.39 Å². The molecule has 2 saturated heterocycles. The lowest BCUT2D eigenvalue weighted by Gasteiger charge is -2.35. The summed E-state index contributed by atoms with van der Waals surface area (Å²) < 4.78 is 19.7. The molecule has 2 bridgehead atoms. The van der Waals surface area contributed by atoms with Crippen LogP contribution >= 0.6 is 15.9 Å². The second-order valence-corrected chi connectivity index (χ2v) is 7.36. The van der Waals surface area contributed by atoms with Crippen LogP contribution in [-0.4, -0.2) is 42.6 Å². The normalized spacial score (nSPS) is 26.1. The minimum Gasteiger partial charge on any atom is -0.490 e. The smallest absolute Gasteiger partial charge is 0.225 e.